The minimum atomic E-state index is -0.447. The second-order valence-electron chi connectivity index (χ2n) is 1.93. The molecular formula is C6HBr4O2. The summed E-state index contributed by atoms with van der Waals surface area (Å²) in [7, 11) is 0. The van der Waals surface area contributed by atoms with Crippen LogP contribution in [0.5, 0.6) is 11.5 Å². The molecule has 6 heteroatoms. The number of hydrogen-bond donors (Lipinski definition) is 1. The predicted octanol–water partition coefficient (Wildman–Crippen LogP) is 4.59. The first-order valence-corrected chi connectivity index (χ1v) is 5.86. The Kier molecular flexibility index (Phi) is 3.48. The van der Waals surface area contributed by atoms with E-state index in [0.717, 1.165) is 0 Å². The van der Waals surface area contributed by atoms with Gasteiger partial charge in [-0.2, -0.15) is 0 Å². The molecule has 0 aliphatic carbocycles. The monoisotopic (exact) mass is 421 g/mol. The molecule has 1 rings (SSSR count). The van der Waals surface area contributed by atoms with E-state index >= 15 is 0 Å². The van der Waals surface area contributed by atoms with E-state index in [0.29, 0.717) is 17.9 Å². The fraction of sp³-hybridized carbons (Fsp3) is 0. The van der Waals surface area contributed by atoms with Crippen molar-refractivity contribution in [3.63, 3.8) is 0 Å². The zero-order valence-electron chi connectivity index (χ0n) is 5.37. The van der Waals surface area contributed by atoms with Gasteiger partial charge in [-0.15, -0.1) is 0 Å². The molecule has 0 aromatic heterocycles. The van der Waals surface area contributed by atoms with Gasteiger partial charge >= 0.3 is 0 Å². The van der Waals surface area contributed by atoms with Crippen LogP contribution in [0.1, 0.15) is 0 Å². The molecule has 1 aromatic rings. The Morgan fingerprint density at radius 2 is 1.25 bits per heavy atom. The van der Waals surface area contributed by atoms with Gasteiger partial charge in [0, 0.05) is 0 Å². The van der Waals surface area contributed by atoms with Crippen LogP contribution in [0.4, 0.5) is 0 Å². The fourth-order valence-electron chi connectivity index (χ4n) is 0.600. The molecule has 0 aliphatic rings. The van der Waals surface area contributed by atoms with Crippen LogP contribution in [0.15, 0.2) is 17.9 Å². The Balaban J connectivity index is 3.60. The Morgan fingerprint density at radius 1 is 0.833 bits per heavy atom. The van der Waals surface area contributed by atoms with Crippen molar-refractivity contribution >= 4 is 63.7 Å². The third-order valence-electron chi connectivity index (χ3n) is 1.20. The molecule has 0 fully saturated rings. The summed E-state index contributed by atoms with van der Waals surface area (Å²) in [4.78, 5) is 0. The topological polar surface area (TPSA) is 40.1 Å². The Morgan fingerprint density at radius 3 is 1.75 bits per heavy atom. The highest BCUT2D eigenvalue weighted by atomic mass is 79.9. The molecule has 0 unspecified atom stereocenters. The lowest BCUT2D eigenvalue weighted by Crippen LogP contribution is -1.78. The minimum absolute atomic E-state index is 0.301. The predicted molar refractivity (Wildman–Crippen MR) is 59.0 cm³/mol. The second kappa shape index (κ2) is 3.86. The summed E-state index contributed by atoms with van der Waals surface area (Å²) in [6.07, 6.45) is 0. The Labute approximate surface area is 102 Å². The summed E-state index contributed by atoms with van der Waals surface area (Å²) < 4.78 is 1.83. The van der Waals surface area contributed by atoms with Gasteiger partial charge in [-0.25, -0.2) is 0 Å². The lowest BCUT2D eigenvalue weighted by Gasteiger charge is -2.05. The second-order valence-corrected chi connectivity index (χ2v) is 5.11. The number of halogens is 4. The van der Waals surface area contributed by atoms with E-state index in [2.05, 4.69) is 63.7 Å². The molecule has 0 bridgehead atoms. The van der Waals surface area contributed by atoms with E-state index in [1.54, 1.807) is 0 Å². The van der Waals surface area contributed by atoms with Gasteiger partial charge in [-0.05, 0) is 63.7 Å². The van der Waals surface area contributed by atoms with Crippen molar-refractivity contribution < 1.29 is 10.2 Å². The van der Waals surface area contributed by atoms with E-state index in [-0.39, 0.29) is 5.75 Å². The first-order chi connectivity index (χ1) is 5.46. The van der Waals surface area contributed by atoms with Crippen molar-refractivity contribution in [2.24, 2.45) is 0 Å². The lowest BCUT2D eigenvalue weighted by molar-refractivity contribution is 0.320. The molecule has 2 nitrogen and oxygen atoms in total. The molecule has 0 saturated heterocycles. The molecule has 1 aromatic carbocycles. The van der Waals surface area contributed by atoms with Crippen LogP contribution in [-0.4, -0.2) is 5.11 Å². The van der Waals surface area contributed by atoms with Crippen LogP contribution in [-0.2, 0) is 5.11 Å². The zero-order valence-corrected chi connectivity index (χ0v) is 11.7. The minimum Gasteiger partial charge on any atom is -0.503 e. The smallest absolute Gasteiger partial charge is 0.236 e. The maximum Gasteiger partial charge on any atom is 0.236 e. The van der Waals surface area contributed by atoms with E-state index < -0.39 is 5.75 Å². The first-order valence-electron chi connectivity index (χ1n) is 2.68. The number of aromatic hydroxyl groups is 1. The van der Waals surface area contributed by atoms with Crippen LogP contribution >= 0.6 is 63.7 Å². The molecule has 0 amide bonds. The van der Waals surface area contributed by atoms with Crippen molar-refractivity contribution in [1.82, 2.24) is 0 Å². The van der Waals surface area contributed by atoms with Crippen molar-refractivity contribution in [3.8, 4) is 11.5 Å². The number of rotatable bonds is 0. The summed E-state index contributed by atoms with van der Waals surface area (Å²) in [5.41, 5.74) is 0. The SMILES string of the molecule is [O]c1c(O)c(Br)c(Br)c(Br)c1Br. The summed E-state index contributed by atoms with van der Waals surface area (Å²) in [5, 5.41) is 20.4. The van der Waals surface area contributed by atoms with Gasteiger partial charge in [0.1, 0.15) is 0 Å². The number of hydrogen-bond acceptors (Lipinski definition) is 1. The Bertz CT molecular complexity index is 232. The molecule has 0 atom stereocenters. The standard InChI is InChI=1S/C6HBr4O2/c7-1-2(8)4(10)6(12)5(11)3(1)9/h11H. The van der Waals surface area contributed by atoms with Gasteiger partial charge in [-0.1, -0.05) is 0 Å². The van der Waals surface area contributed by atoms with Crippen LogP contribution < -0.4 is 0 Å². The molecule has 1 radical (unpaired) electrons. The molecular weight excluding hydrogens is 424 g/mol. The van der Waals surface area contributed by atoms with Crippen LogP contribution in [0.2, 0.25) is 0 Å². The highest BCUT2D eigenvalue weighted by Crippen LogP contribution is 2.49. The summed E-state index contributed by atoms with van der Waals surface area (Å²) >= 11 is 12.5. The van der Waals surface area contributed by atoms with Gasteiger partial charge < -0.3 is 5.11 Å². The molecule has 0 spiro atoms. The molecule has 12 heavy (non-hydrogen) atoms. The van der Waals surface area contributed by atoms with Crippen LogP contribution in [0.3, 0.4) is 0 Å². The Hall–Kier alpha value is 0.740. The van der Waals surface area contributed by atoms with Gasteiger partial charge in [0.25, 0.3) is 0 Å². The molecule has 1 N–H and O–H groups in total. The normalized spacial score (nSPS) is 10.3. The average Bonchev–Trinajstić information content (AvgIpc) is 2.08. The van der Waals surface area contributed by atoms with E-state index in [1.165, 1.54) is 0 Å². The van der Waals surface area contributed by atoms with E-state index in [1.807, 2.05) is 0 Å². The van der Waals surface area contributed by atoms with E-state index in [9.17, 15) is 10.2 Å². The fourth-order valence-corrected chi connectivity index (χ4v) is 2.66. The highest BCUT2D eigenvalue weighted by molar-refractivity contribution is 9.15. The van der Waals surface area contributed by atoms with Gasteiger partial charge in [0.2, 0.25) is 5.75 Å². The number of phenols is 1. The largest absolute Gasteiger partial charge is 0.503 e. The van der Waals surface area contributed by atoms with Crippen molar-refractivity contribution in [1.29, 1.82) is 0 Å². The van der Waals surface area contributed by atoms with Crippen molar-refractivity contribution in [2.75, 3.05) is 0 Å². The maximum absolute atomic E-state index is 11.2. The molecule has 65 valence electrons. The van der Waals surface area contributed by atoms with Gasteiger partial charge in [0.15, 0.2) is 5.75 Å². The third kappa shape index (κ3) is 1.66. The highest BCUT2D eigenvalue weighted by Gasteiger charge is 2.19. The molecule has 0 heterocycles. The van der Waals surface area contributed by atoms with Crippen LogP contribution in [0.25, 0.3) is 0 Å². The number of benzene rings is 1. The van der Waals surface area contributed by atoms with Gasteiger partial charge in [0.05, 0.1) is 17.9 Å². The molecule has 0 aliphatic heterocycles. The maximum atomic E-state index is 11.2. The summed E-state index contributed by atoms with van der Waals surface area (Å²) in [6, 6.07) is 0. The average molecular weight is 425 g/mol. The van der Waals surface area contributed by atoms with Gasteiger partial charge in [-0.3, -0.25) is 5.11 Å². The summed E-state index contributed by atoms with van der Waals surface area (Å²) in [6.45, 7) is 0. The lowest BCUT2D eigenvalue weighted by atomic mass is 10.3. The van der Waals surface area contributed by atoms with Crippen molar-refractivity contribution in [3.05, 3.63) is 17.9 Å². The molecule has 0 saturated carbocycles. The van der Waals surface area contributed by atoms with E-state index in [4.69, 9.17) is 0 Å². The van der Waals surface area contributed by atoms with Crippen LogP contribution in [0, 0.1) is 0 Å². The third-order valence-corrected chi connectivity index (χ3v) is 5.91. The van der Waals surface area contributed by atoms with Crippen molar-refractivity contribution in [2.45, 2.75) is 0 Å². The summed E-state index contributed by atoms with van der Waals surface area (Å²) in [5.74, 6) is -0.756. The quantitative estimate of drug-likeness (QED) is 0.480. The first kappa shape index (κ1) is 10.8. The number of phenolic OH excluding ortho intramolecular Hbond substituents is 1. The zero-order chi connectivity index (χ0) is 9.46.